The summed E-state index contributed by atoms with van der Waals surface area (Å²) in [5.41, 5.74) is 2.14. The van der Waals surface area contributed by atoms with Gasteiger partial charge in [0.2, 0.25) is 5.91 Å². The molecule has 1 amide bonds. The van der Waals surface area contributed by atoms with Crippen molar-refractivity contribution in [1.29, 1.82) is 0 Å². The summed E-state index contributed by atoms with van der Waals surface area (Å²) in [6, 6.07) is 14.9. The van der Waals surface area contributed by atoms with E-state index in [1.807, 2.05) is 43.4 Å². The van der Waals surface area contributed by atoms with Gasteiger partial charge in [0.1, 0.15) is 5.75 Å². The highest BCUT2D eigenvalue weighted by Gasteiger charge is 2.20. The van der Waals surface area contributed by atoms with Crippen LogP contribution in [0.25, 0.3) is 0 Å². The first kappa shape index (κ1) is 18.5. The molecule has 2 aromatic carbocycles. The fourth-order valence-electron chi connectivity index (χ4n) is 3.14. The van der Waals surface area contributed by atoms with Crippen LogP contribution >= 0.6 is 11.6 Å². The minimum atomic E-state index is 0.114. The molecule has 2 aromatic rings. The van der Waals surface area contributed by atoms with Crippen LogP contribution in [0.2, 0.25) is 5.02 Å². The van der Waals surface area contributed by atoms with Crippen LogP contribution in [0.5, 0.6) is 5.75 Å². The average molecular weight is 374 g/mol. The molecule has 1 fully saturated rings. The lowest BCUT2D eigenvalue weighted by molar-refractivity contribution is -0.131. The number of likely N-dealkylation sites (N-methyl/N-ethyl adjacent to an activating group) is 1. The van der Waals surface area contributed by atoms with Crippen LogP contribution in [0.3, 0.4) is 0 Å². The van der Waals surface area contributed by atoms with Gasteiger partial charge >= 0.3 is 0 Å². The minimum absolute atomic E-state index is 0.114. The first-order valence-electron chi connectivity index (χ1n) is 8.76. The summed E-state index contributed by atoms with van der Waals surface area (Å²) in [6.07, 6.45) is 0. The average Bonchev–Trinajstić information content (AvgIpc) is 2.63. The summed E-state index contributed by atoms with van der Waals surface area (Å²) in [5.74, 6) is 0.392. The molecule has 0 aliphatic carbocycles. The van der Waals surface area contributed by atoms with Gasteiger partial charge in [-0.25, -0.2) is 0 Å². The number of carbonyl (C=O) groups is 1. The Bertz CT molecular complexity index is 743. The number of amides is 1. The fraction of sp³-hybridized carbons (Fsp3) is 0.350. The van der Waals surface area contributed by atoms with Gasteiger partial charge in [0, 0.05) is 50.5 Å². The lowest BCUT2D eigenvalue weighted by Gasteiger charge is -2.36. The molecule has 0 spiro atoms. The molecule has 0 unspecified atom stereocenters. The molecule has 1 N–H and O–H groups in total. The number of phenolic OH excluding ortho intramolecular Hbond substituents is 1. The molecular formula is C20H24ClN3O2. The zero-order chi connectivity index (χ0) is 18.5. The molecule has 0 radical (unpaired) electrons. The second-order valence-corrected chi connectivity index (χ2v) is 7.10. The van der Waals surface area contributed by atoms with Crippen molar-refractivity contribution in [3.63, 3.8) is 0 Å². The molecule has 1 saturated heterocycles. The standard InChI is InChI=1S/C20H24ClN3O2/c1-22(14-16-3-2-4-17(21)13-16)20(26)15-23-9-11-24(12-10-23)18-5-7-19(25)8-6-18/h2-8,13,25H,9-12,14-15H2,1H3. The highest BCUT2D eigenvalue weighted by atomic mass is 35.5. The molecule has 3 rings (SSSR count). The van der Waals surface area contributed by atoms with Gasteiger partial charge in [-0.05, 0) is 42.0 Å². The third-order valence-electron chi connectivity index (χ3n) is 4.68. The van der Waals surface area contributed by atoms with Crippen molar-refractivity contribution < 1.29 is 9.90 Å². The van der Waals surface area contributed by atoms with E-state index in [4.69, 9.17) is 11.6 Å². The van der Waals surface area contributed by atoms with Crippen LogP contribution < -0.4 is 4.90 Å². The van der Waals surface area contributed by atoms with Gasteiger partial charge < -0.3 is 14.9 Å². The molecule has 0 atom stereocenters. The van der Waals surface area contributed by atoms with Crippen molar-refractivity contribution in [2.45, 2.75) is 6.54 Å². The second kappa shape index (κ2) is 8.43. The Kier molecular flexibility index (Phi) is 6.01. The summed E-state index contributed by atoms with van der Waals surface area (Å²) in [7, 11) is 1.83. The maximum absolute atomic E-state index is 12.5. The summed E-state index contributed by atoms with van der Waals surface area (Å²) in [5, 5.41) is 10.1. The number of hydrogen-bond acceptors (Lipinski definition) is 4. The molecule has 5 nitrogen and oxygen atoms in total. The Morgan fingerprint density at radius 2 is 1.81 bits per heavy atom. The molecule has 1 aliphatic heterocycles. The van der Waals surface area contributed by atoms with Crippen LogP contribution in [0.4, 0.5) is 5.69 Å². The van der Waals surface area contributed by atoms with Crippen molar-refractivity contribution in [3.8, 4) is 5.75 Å². The van der Waals surface area contributed by atoms with Gasteiger partial charge in [-0.1, -0.05) is 23.7 Å². The first-order valence-corrected chi connectivity index (χ1v) is 9.14. The molecule has 138 valence electrons. The first-order chi connectivity index (χ1) is 12.5. The molecular weight excluding hydrogens is 350 g/mol. The number of nitrogens with zero attached hydrogens (tertiary/aromatic N) is 3. The molecule has 0 aromatic heterocycles. The molecule has 1 heterocycles. The number of benzene rings is 2. The maximum Gasteiger partial charge on any atom is 0.236 e. The molecule has 0 bridgehead atoms. The Labute approximate surface area is 159 Å². The summed E-state index contributed by atoms with van der Waals surface area (Å²) in [4.78, 5) is 18.7. The SMILES string of the molecule is CN(Cc1cccc(Cl)c1)C(=O)CN1CCN(c2ccc(O)cc2)CC1. The summed E-state index contributed by atoms with van der Waals surface area (Å²) < 4.78 is 0. The fourth-order valence-corrected chi connectivity index (χ4v) is 3.35. The number of phenols is 1. The topological polar surface area (TPSA) is 47.0 Å². The van der Waals surface area contributed by atoms with Gasteiger partial charge in [0.05, 0.1) is 6.54 Å². The molecule has 0 saturated carbocycles. The zero-order valence-electron chi connectivity index (χ0n) is 14.9. The highest BCUT2D eigenvalue weighted by Crippen LogP contribution is 2.20. The molecule has 1 aliphatic rings. The Morgan fingerprint density at radius 1 is 1.12 bits per heavy atom. The van der Waals surface area contributed by atoms with E-state index in [1.165, 1.54) is 0 Å². The third kappa shape index (κ3) is 4.90. The monoisotopic (exact) mass is 373 g/mol. The van der Waals surface area contributed by atoms with E-state index in [0.717, 1.165) is 37.4 Å². The van der Waals surface area contributed by atoms with E-state index in [-0.39, 0.29) is 11.7 Å². The second-order valence-electron chi connectivity index (χ2n) is 6.66. The maximum atomic E-state index is 12.5. The lowest BCUT2D eigenvalue weighted by atomic mass is 10.2. The van der Waals surface area contributed by atoms with Crippen LogP contribution in [-0.4, -0.2) is 60.6 Å². The third-order valence-corrected chi connectivity index (χ3v) is 4.92. The van der Waals surface area contributed by atoms with Gasteiger partial charge in [-0.2, -0.15) is 0 Å². The van der Waals surface area contributed by atoms with E-state index in [9.17, 15) is 9.90 Å². The smallest absolute Gasteiger partial charge is 0.236 e. The van der Waals surface area contributed by atoms with Crippen LogP contribution in [-0.2, 0) is 11.3 Å². The van der Waals surface area contributed by atoms with Crippen LogP contribution in [0, 0.1) is 0 Å². The largest absolute Gasteiger partial charge is 0.508 e. The van der Waals surface area contributed by atoms with E-state index >= 15 is 0 Å². The molecule has 6 heteroatoms. The predicted molar refractivity (Wildman–Crippen MR) is 105 cm³/mol. The number of anilines is 1. The minimum Gasteiger partial charge on any atom is -0.508 e. The normalized spacial score (nSPS) is 15.1. The Hall–Kier alpha value is -2.24. The summed E-state index contributed by atoms with van der Waals surface area (Å²) in [6.45, 7) is 4.43. The van der Waals surface area contributed by atoms with Crippen LogP contribution in [0.15, 0.2) is 48.5 Å². The predicted octanol–water partition coefficient (Wildman–Crippen LogP) is 2.83. The highest BCUT2D eigenvalue weighted by molar-refractivity contribution is 6.30. The molecule has 26 heavy (non-hydrogen) atoms. The van der Waals surface area contributed by atoms with E-state index in [0.29, 0.717) is 18.1 Å². The van der Waals surface area contributed by atoms with Crippen molar-refractivity contribution in [3.05, 3.63) is 59.1 Å². The summed E-state index contributed by atoms with van der Waals surface area (Å²) >= 11 is 6.01. The number of carbonyl (C=O) groups excluding carboxylic acids is 1. The number of aromatic hydroxyl groups is 1. The van der Waals surface area contributed by atoms with Crippen molar-refractivity contribution in [2.75, 3.05) is 44.7 Å². The van der Waals surface area contributed by atoms with Crippen molar-refractivity contribution >= 4 is 23.2 Å². The van der Waals surface area contributed by atoms with Crippen molar-refractivity contribution in [2.24, 2.45) is 0 Å². The van der Waals surface area contributed by atoms with E-state index < -0.39 is 0 Å². The quantitative estimate of drug-likeness (QED) is 0.875. The van der Waals surface area contributed by atoms with Crippen molar-refractivity contribution in [1.82, 2.24) is 9.80 Å². The number of hydrogen-bond donors (Lipinski definition) is 1. The van der Waals surface area contributed by atoms with Gasteiger partial charge in [-0.3, -0.25) is 9.69 Å². The van der Waals surface area contributed by atoms with Crippen LogP contribution in [0.1, 0.15) is 5.56 Å². The van der Waals surface area contributed by atoms with E-state index in [2.05, 4.69) is 9.80 Å². The number of halogens is 1. The number of rotatable bonds is 5. The lowest BCUT2D eigenvalue weighted by Crippen LogP contribution is -2.49. The van der Waals surface area contributed by atoms with Gasteiger partial charge in [-0.15, -0.1) is 0 Å². The van der Waals surface area contributed by atoms with E-state index in [1.54, 1.807) is 17.0 Å². The zero-order valence-corrected chi connectivity index (χ0v) is 15.7. The van der Waals surface area contributed by atoms with Gasteiger partial charge in [0.15, 0.2) is 0 Å². The Balaban J connectivity index is 1.47. The van der Waals surface area contributed by atoms with Gasteiger partial charge in [0.25, 0.3) is 0 Å². The number of piperazine rings is 1. The Morgan fingerprint density at radius 3 is 2.46 bits per heavy atom.